The van der Waals surface area contributed by atoms with Crippen LogP contribution >= 0.6 is 11.3 Å². The molecular formula is C19H27NS. The summed E-state index contributed by atoms with van der Waals surface area (Å²) in [6, 6.07) is 14.0. The number of nitrogens with one attached hydrogen (secondary N) is 1. The predicted octanol–water partition coefficient (Wildman–Crippen LogP) is 5.11. The van der Waals surface area contributed by atoms with Gasteiger partial charge in [0.2, 0.25) is 0 Å². The normalized spacial score (nSPS) is 13.4. The maximum Gasteiger partial charge on any atom is 0.0366 e. The molecule has 1 unspecified atom stereocenters. The molecule has 0 aliphatic rings. The van der Waals surface area contributed by atoms with Crippen LogP contribution in [0.25, 0.3) is 0 Å². The summed E-state index contributed by atoms with van der Waals surface area (Å²) in [4.78, 5) is 2.94. The van der Waals surface area contributed by atoms with Crippen molar-refractivity contribution in [2.24, 2.45) is 0 Å². The number of aryl methyl sites for hydroxylation is 1. The van der Waals surface area contributed by atoms with Crippen molar-refractivity contribution in [1.82, 2.24) is 5.32 Å². The van der Waals surface area contributed by atoms with Crippen molar-refractivity contribution in [2.75, 3.05) is 7.05 Å². The predicted molar refractivity (Wildman–Crippen MR) is 94.3 cm³/mol. The van der Waals surface area contributed by atoms with Crippen LogP contribution in [0.1, 0.15) is 54.6 Å². The largest absolute Gasteiger partial charge is 0.313 e. The van der Waals surface area contributed by atoms with Crippen LogP contribution in [0.2, 0.25) is 0 Å². The van der Waals surface area contributed by atoms with Gasteiger partial charge in [-0.25, -0.2) is 0 Å². The van der Waals surface area contributed by atoms with E-state index in [1.54, 1.807) is 0 Å². The molecule has 2 aromatic rings. The van der Waals surface area contributed by atoms with Crippen LogP contribution in [0, 0.1) is 0 Å². The SMILES string of the molecule is CCc1ccc(CC(NC)c2ccc(C(C)(C)C)cc2)s1. The molecule has 2 heteroatoms. The third-order valence-corrected chi connectivity index (χ3v) is 5.25. The minimum Gasteiger partial charge on any atom is -0.313 e. The molecule has 0 spiro atoms. The monoisotopic (exact) mass is 301 g/mol. The highest BCUT2D eigenvalue weighted by molar-refractivity contribution is 7.11. The van der Waals surface area contributed by atoms with E-state index in [2.05, 4.69) is 76.5 Å². The Kier molecular flexibility index (Phi) is 5.23. The number of benzene rings is 1. The Morgan fingerprint density at radius 2 is 1.62 bits per heavy atom. The lowest BCUT2D eigenvalue weighted by molar-refractivity contribution is 0.581. The van der Waals surface area contributed by atoms with Gasteiger partial charge in [0.25, 0.3) is 0 Å². The summed E-state index contributed by atoms with van der Waals surface area (Å²) in [5.41, 5.74) is 2.99. The lowest BCUT2D eigenvalue weighted by Gasteiger charge is -2.21. The molecule has 0 amide bonds. The molecule has 1 aromatic heterocycles. The third kappa shape index (κ3) is 4.18. The lowest BCUT2D eigenvalue weighted by atomic mass is 9.86. The highest BCUT2D eigenvalue weighted by atomic mass is 32.1. The van der Waals surface area contributed by atoms with Gasteiger partial charge in [-0.15, -0.1) is 11.3 Å². The second-order valence-electron chi connectivity index (χ2n) is 6.64. The van der Waals surface area contributed by atoms with Crippen LogP contribution in [0.4, 0.5) is 0 Å². The molecule has 0 radical (unpaired) electrons. The van der Waals surface area contributed by atoms with Crippen LogP contribution < -0.4 is 5.32 Å². The second-order valence-corrected chi connectivity index (χ2v) is 7.89. The van der Waals surface area contributed by atoms with E-state index in [1.807, 2.05) is 11.3 Å². The first kappa shape index (κ1) is 16.3. The van der Waals surface area contributed by atoms with E-state index >= 15 is 0 Å². The molecule has 0 saturated heterocycles. The Morgan fingerprint density at radius 3 is 2.10 bits per heavy atom. The highest BCUT2D eigenvalue weighted by Gasteiger charge is 2.15. The summed E-state index contributed by atoms with van der Waals surface area (Å²) in [6.07, 6.45) is 2.20. The van der Waals surface area contributed by atoms with Gasteiger partial charge in [0.05, 0.1) is 0 Å². The van der Waals surface area contributed by atoms with E-state index in [1.165, 1.54) is 20.9 Å². The van der Waals surface area contributed by atoms with Crippen LogP contribution in [-0.4, -0.2) is 7.05 Å². The Hall–Kier alpha value is -1.12. The summed E-state index contributed by atoms with van der Waals surface area (Å²) < 4.78 is 0. The fraction of sp³-hybridized carbons (Fsp3) is 0.474. The zero-order valence-corrected chi connectivity index (χ0v) is 14.7. The van der Waals surface area contributed by atoms with E-state index in [0.717, 1.165) is 12.8 Å². The van der Waals surface area contributed by atoms with Gasteiger partial charge in [-0.2, -0.15) is 0 Å². The number of rotatable bonds is 5. The van der Waals surface area contributed by atoms with E-state index < -0.39 is 0 Å². The first-order valence-corrected chi connectivity index (χ1v) is 8.61. The standard InChI is InChI=1S/C19H27NS/c1-6-16-11-12-17(21-16)13-18(20-5)14-7-9-15(10-8-14)19(2,3)4/h7-12,18,20H,6,13H2,1-5H3. The Balaban J connectivity index is 2.13. The maximum absolute atomic E-state index is 3.46. The Morgan fingerprint density at radius 1 is 1.00 bits per heavy atom. The van der Waals surface area contributed by atoms with Crippen molar-refractivity contribution < 1.29 is 0 Å². The smallest absolute Gasteiger partial charge is 0.0366 e. The van der Waals surface area contributed by atoms with Gasteiger partial charge in [0.15, 0.2) is 0 Å². The van der Waals surface area contributed by atoms with Gasteiger partial charge in [-0.1, -0.05) is 52.0 Å². The van der Waals surface area contributed by atoms with Gasteiger partial charge in [0, 0.05) is 22.2 Å². The average molecular weight is 301 g/mol. The van der Waals surface area contributed by atoms with Crippen molar-refractivity contribution in [1.29, 1.82) is 0 Å². The molecule has 0 bridgehead atoms. The van der Waals surface area contributed by atoms with E-state index in [4.69, 9.17) is 0 Å². The molecular weight excluding hydrogens is 274 g/mol. The minimum atomic E-state index is 0.220. The summed E-state index contributed by atoms with van der Waals surface area (Å²) in [6.45, 7) is 9.00. The molecule has 0 aliphatic heterocycles. The first-order valence-electron chi connectivity index (χ1n) is 7.79. The topological polar surface area (TPSA) is 12.0 Å². The summed E-state index contributed by atoms with van der Waals surface area (Å²) in [5, 5.41) is 3.46. The lowest BCUT2D eigenvalue weighted by Crippen LogP contribution is -2.19. The molecule has 21 heavy (non-hydrogen) atoms. The van der Waals surface area contributed by atoms with Gasteiger partial charge in [0.1, 0.15) is 0 Å². The molecule has 1 aromatic carbocycles. The Bertz CT molecular complexity index is 560. The van der Waals surface area contributed by atoms with E-state index in [0.29, 0.717) is 6.04 Å². The molecule has 2 rings (SSSR count). The quantitative estimate of drug-likeness (QED) is 0.809. The number of thiophene rings is 1. The summed E-state index contributed by atoms with van der Waals surface area (Å²) in [7, 11) is 2.05. The number of hydrogen-bond donors (Lipinski definition) is 1. The molecule has 114 valence electrons. The summed E-state index contributed by atoms with van der Waals surface area (Å²) in [5.74, 6) is 0. The van der Waals surface area contributed by atoms with Crippen molar-refractivity contribution in [3.05, 3.63) is 57.3 Å². The maximum atomic E-state index is 3.46. The van der Waals surface area contributed by atoms with Crippen molar-refractivity contribution in [2.45, 2.75) is 52.0 Å². The highest BCUT2D eigenvalue weighted by Crippen LogP contribution is 2.27. The molecule has 1 nitrogen and oxygen atoms in total. The van der Waals surface area contributed by atoms with Crippen molar-refractivity contribution in [3.8, 4) is 0 Å². The van der Waals surface area contributed by atoms with Crippen LogP contribution in [-0.2, 0) is 18.3 Å². The van der Waals surface area contributed by atoms with E-state index in [-0.39, 0.29) is 5.41 Å². The summed E-state index contributed by atoms with van der Waals surface area (Å²) >= 11 is 1.94. The van der Waals surface area contributed by atoms with Crippen LogP contribution in [0.5, 0.6) is 0 Å². The fourth-order valence-corrected chi connectivity index (χ4v) is 3.53. The zero-order chi connectivity index (χ0) is 15.5. The number of hydrogen-bond acceptors (Lipinski definition) is 2. The second kappa shape index (κ2) is 6.76. The Labute approximate surface area is 133 Å². The van der Waals surface area contributed by atoms with Gasteiger partial charge in [-0.05, 0) is 42.1 Å². The minimum absolute atomic E-state index is 0.220. The van der Waals surface area contributed by atoms with Crippen LogP contribution in [0.15, 0.2) is 36.4 Å². The van der Waals surface area contributed by atoms with Crippen molar-refractivity contribution >= 4 is 11.3 Å². The van der Waals surface area contributed by atoms with E-state index in [9.17, 15) is 0 Å². The molecule has 1 heterocycles. The molecule has 0 saturated carbocycles. The van der Waals surface area contributed by atoms with Gasteiger partial charge in [-0.3, -0.25) is 0 Å². The molecule has 0 aliphatic carbocycles. The first-order chi connectivity index (χ1) is 9.94. The van der Waals surface area contributed by atoms with Crippen molar-refractivity contribution in [3.63, 3.8) is 0 Å². The molecule has 0 fully saturated rings. The number of likely N-dealkylation sites (N-methyl/N-ethyl adjacent to an activating group) is 1. The zero-order valence-electron chi connectivity index (χ0n) is 13.9. The van der Waals surface area contributed by atoms with Gasteiger partial charge >= 0.3 is 0 Å². The fourth-order valence-electron chi connectivity index (χ4n) is 2.53. The average Bonchev–Trinajstić information content (AvgIpc) is 2.92. The third-order valence-electron chi connectivity index (χ3n) is 4.00. The van der Waals surface area contributed by atoms with Crippen LogP contribution in [0.3, 0.4) is 0 Å². The van der Waals surface area contributed by atoms with Gasteiger partial charge < -0.3 is 5.32 Å². The molecule has 1 atom stereocenters. The molecule has 1 N–H and O–H groups in total.